The molecule has 0 fully saturated rings. The Kier molecular flexibility index (Phi) is 16.0. The second kappa shape index (κ2) is 16.5. The summed E-state index contributed by atoms with van der Waals surface area (Å²) in [5, 5.41) is 18.4. The van der Waals surface area contributed by atoms with Crippen molar-refractivity contribution in [3.05, 3.63) is 24.3 Å². The van der Waals surface area contributed by atoms with Crippen LogP contribution in [0.2, 0.25) is 0 Å². The highest BCUT2D eigenvalue weighted by Crippen LogP contribution is 2.09. The quantitative estimate of drug-likeness (QED) is 0.356. The van der Waals surface area contributed by atoms with Crippen molar-refractivity contribution < 1.29 is 10.2 Å². The highest BCUT2D eigenvalue weighted by atomic mass is 16.3. The van der Waals surface area contributed by atoms with E-state index in [9.17, 15) is 5.11 Å². The van der Waals surface area contributed by atoms with E-state index in [1.807, 2.05) is 18.2 Å². The first-order valence-corrected chi connectivity index (χ1v) is 8.43. The molecule has 0 aliphatic heterocycles. The van der Waals surface area contributed by atoms with Crippen LogP contribution in [-0.4, -0.2) is 22.9 Å². The molecule has 0 spiro atoms. The van der Waals surface area contributed by atoms with Gasteiger partial charge >= 0.3 is 0 Å². The molecular weight excluding hydrogens is 248 g/mol. The van der Waals surface area contributed by atoms with Gasteiger partial charge in [0.05, 0.1) is 6.10 Å². The largest absolute Gasteiger partial charge is 0.396 e. The van der Waals surface area contributed by atoms with Gasteiger partial charge in [0.15, 0.2) is 0 Å². The number of aliphatic hydroxyl groups excluding tert-OH is 2. The molecule has 2 nitrogen and oxygen atoms in total. The molecule has 2 heteroatoms. The molecule has 1 atom stereocenters. The maximum Gasteiger partial charge on any atom is 0.0723 e. The van der Waals surface area contributed by atoms with Gasteiger partial charge in [0, 0.05) is 6.61 Å². The molecule has 0 bridgehead atoms. The van der Waals surface area contributed by atoms with Crippen molar-refractivity contribution in [1.82, 2.24) is 0 Å². The Morgan fingerprint density at radius 3 is 2.25 bits per heavy atom. The highest BCUT2D eigenvalue weighted by molar-refractivity contribution is 5.04. The van der Waals surface area contributed by atoms with Crippen molar-refractivity contribution in [3.8, 4) is 0 Å². The lowest BCUT2D eigenvalue weighted by Crippen LogP contribution is -2.01. The summed E-state index contributed by atoms with van der Waals surface area (Å²) in [7, 11) is 0. The molecular formula is C18H34O2. The van der Waals surface area contributed by atoms with E-state index < -0.39 is 0 Å². The Morgan fingerprint density at radius 1 is 0.850 bits per heavy atom. The van der Waals surface area contributed by atoms with Gasteiger partial charge in [0.1, 0.15) is 0 Å². The van der Waals surface area contributed by atoms with Crippen molar-refractivity contribution in [2.24, 2.45) is 0 Å². The average Bonchev–Trinajstić information content (AvgIpc) is 2.45. The third-order valence-electron chi connectivity index (χ3n) is 3.46. The Bertz CT molecular complexity index is 234. The fourth-order valence-corrected chi connectivity index (χ4v) is 2.15. The summed E-state index contributed by atoms with van der Waals surface area (Å²) in [6.07, 6.45) is 20.4. The van der Waals surface area contributed by atoms with Crippen LogP contribution in [0.4, 0.5) is 0 Å². The van der Waals surface area contributed by atoms with Crippen LogP contribution < -0.4 is 0 Å². The van der Waals surface area contributed by atoms with Crippen LogP contribution >= 0.6 is 0 Å². The van der Waals surface area contributed by atoms with Gasteiger partial charge in [-0.25, -0.2) is 0 Å². The minimum Gasteiger partial charge on any atom is -0.396 e. The van der Waals surface area contributed by atoms with Crippen LogP contribution in [0.25, 0.3) is 0 Å². The maximum absolute atomic E-state index is 9.78. The Morgan fingerprint density at radius 2 is 1.55 bits per heavy atom. The van der Waals surface area contributed by atoms with Crippen LogP contribution in [0.3, 0.4) is 0 Å². The zero-order valence-electron chi connectivity index (χ0n) is 13.3. The monoisotopic (exact) mass is 282 g/mol. The molecule has 0 aliphatic carbocycles. The smallest absolute Gasteiger partial charge is 0.0723 e. The van der Waals surface area contributed by atoms with Crippen molar-refractivity contribution >= 4 is 0 Å². The molecule has 0 aliphatic rings. The van der Waals surface area contributed by atoms with E-state index in [0.29, 0.717) is 6.61 Å². The van der Waals surface area contributed by atoms with Crippen LogP contribution in [-0.2, 0) is 0 Å². The fourth-order valence-electron chi connectivity index (χ4n) is 2.15. The molecule has 0 aromatic carbocycles. The third-order valence-corrected chi connectivity index (χ3v) is 3.46. The van der Waals surface area contributed by atoms with Gasteiger partial charge in [-0.3, -0.25) is 0 Å². The molecule has 2 N–H and O–H groups in total. The lowest BCUT2D eigenvalue weighted by atomic mass is 10.1. The highest BCUT2D eigenvalue weighted by Gasteiger charge is 1.98. The summed E-state index contributed by atoms with van der Waals surface area (Å²) in [5.41, 5.74) is 0. The van der Waals surface area contributed by atoms with E-state index in [1.165, 1.54) is 38.5 Å². The second-order valence-electron chi connectivity index (χ2n) is 5.51. The lowest BCUT2D eigenvalue weighted by molar-refractivity contribution is 0.208. The summed E-state index contributed by atoms with van der Waals surface area (Å²) in [5.74, 6) is 0. The van der Waals surface area contributed by atoms with E-state index in [0.717, 1.165) is 32.1 Å². The Labute approximate surface area is 125 Å². The van der Waals surface area contributed by atoms with Crippen molar-refractivity contribution in [2.75, 3.05) is 6.61 Å². The van der Waals surface area contributed by atoms with Gasteiger partial charge in [-0.2, -0.15) is 0 Å². The number of hydrogen-bond donors (Lipinski definition) is 2. The molecule has 0 heterocycles. The minimum atomic E-state index is -0.298. The number of aliphatic hydroxyl groups is 2. The van der Waals surface area contributed by atoms with E-state index in [2.05, 4.69) is 13.0 Å². The first-order chi connectivity index (χ1) is 9.81. The van der Waals surface area contributed by atoms with E-state index in [1.54, 1.807) is 0 Å². The Balaban J connectivity index is 3.36. The summed E-state index contributed by atoms with van der Waals surface area (Å²) < 4.78 is 0. The predicted octanol–water partition coefficient (Wildman–Crippen LogP) is 4.76. The topological polar surface area (TPSA) is 40.5 Å². The average molecular weight is 282 g/mol. The zero-order valence-corrected chi connectivity index (χ0v) is 13.3. The van der Waals surface area contributed by atoms with Crippen molar-refractivity contribution in [1.29, 1.82) is 0 Å². The van der Waals surface area contributed by atoms with Crippen molar-refractivity contribution in [2.45, 2.75) is 83.7 Å². The minimum absolute atomic E-state index is 0.298. The summed E-state index contributed by atoms with van der Waals surface area (Å²) in [6.45, 7) is 2.53. The van der Waals surface area contributed by atoms with Crippen LogP contribution in [0, 0.1) is 0 Å². The van der Waals surface area contributed by atoms with Gasteiger partial charge in [-0.05, 0) is 25.7 Å². The zero-order chi connectivity index (χ0) is 14.9. The first kappa shape index (κ1) is 19.4. The predicted molar refractivity (Wildman–Crippen MR) is 87.8 cm³/mol. The van der Waals surface area contributed by atoms with Crippen LogP contribution in [0.15, 0.2) is 24.3 Å². The summed E-state index contributed by atoms with van der Waals surface area (Å²) in [4.78, 5) is 0. The normalized spacial score (nSPS) is 13.6. The maximum atomic E-state index is 9.78. The van der Waals surface area contributed by atoms with Crippen molar-refractivity contribution in [3.63, 3.8) is 0 Å². The van der Waals surface area contributed by atoms with E-state index in [4.69, 9.17) is 5.11 Å². The molecule has 0 amide bonds. The van der Waals surface area contributed by atoms with Gasteiger partial charge in [-0.1, -0.05) is 76.2 Å². The first-order valence-electron chi connectivity index (χ1n) is 8.43. The Hall–Kier alpha value is -0.600. The standard InChI is InChI=1S/C18H34O2/c1-2-3-4-5-6-9-12-15-18(20)16-13-10-7-8-11-14-17-19/h6,9,12,15,18-20H,2-5,7-8,10-11,13-14,16-17H2,1H3/b9-6+,15-12+/t18-/m1/s1. The molecule has 0 unspecified atom stereocenters. The van der Waals surface area contributed by atoms with Crippen LogP contribution in [0.5, 0.6) is 0 Å². The molecule has 0 saturated carbocycles. The molecule has 0 aromatic rings. The van der Waals surface area contributed by atoms with E-state index in [-0.39, 0.29) is 6.10 Å². The summed E-state index contributed by atoms with van der Waals surface area (Å²) >= 11 is 0. The number of allylic oxidation sites excluding steroid dienone is 3. The van der Waals surface area contributed by atoms with Gasteiger partial charge in [0.2, 0.25) is 0 Å². The molecule has 20 heavy (non-hydrogen) atoms. The second-order valence-corrected chi connectivity index (χ2v) is 5.51. The molecule has 0 saturated heterocycles. The van der Waals surface area contributed by atoms with E-state index >= 15 is 0 Å². The molecule has 0 aromatic heterocycles. The molecule has 0 rings (SSSR count). The number of rotatable bonds is 14. The number of unbranched alkanes of at least 4 members (excludes halogenated alkanes) is 8. The molecule has 0 radical (unpaired) electrons. The molecule has 118 valence electrons. The number of hydrogen-bond acceptors (Lipinski definition) is 2. The lowest BCUT2D eigenvalue weighted by Gasteiger charge is -2.04. The third kappa shape index (κ3) is 15.5. The summed E-state index contributed by atoms with van der Waals surface area (Å²) in [6, 6.07) is 0. The SMILES string of the molecule is CCCCC/C=C/C=C/[C@@H](O)CCCCCCCCO. The van der Waals surface area contributed by atoms with Gasteiger partial charge in [-0.15, -0.1) is 0 Å². The van der Waals surface area contributed by atoms with Gasteiger partial charge in [0.25, 0.3) is 0 Å². The van der Waals surface area contributed by atoms with Gasteiger partial charge < -0.3 is 10.2 Å². The van der Waals surface area contributed by atoms with Crippen LogP contribution in [0.1, 0.15) is 77.6 Å². The fraction of sp³-hybridized carbons (Fsp3) is 0.778.